The molecule has 0 amide bonds. The number of hydrogen-bond donors (Lipinski definition) is 0. The molecule has 0 N–H and O–H groups in total. The van der Waals surface area contributed by atoms with E-state index >= 15 is 0 Å². The van der Waals surface area contributed by atoms with Crippen molar-refractivity contribution in [3.63, 3.8) is 0 Å². The lowest BCUT2D eigenvalue weighted by atomic mass is 9.65. The van der Waals surface area contributed by atoms with E-state index in [1.165, 1.54) is 71.1 Å². The van der Waals surface area contributed by atoms with Gasteiger partial charge < -0.3 is 0 Å². The van der Waals surface area contributed by atoms with Crippen LogP contribution in [0.3, 0.4) is 0 Å². The zero-order chi connectivity index (χ0) is 12.2. The lowest BCUT2D eigenvalue weighted by molar-refractivity contribution is -0.116. The first-order chi connectivity index (χ1) is 8.77. The van der Waals surface area contributed by atoms with Crippen LogP contribution in [0.1, 0.15) is 51.9 Å². The Labute approximate surface area is 112 Å². The van der Waals surface area contributed by atoms with Crippen molar-refractivity contribution >= 4 is 0 Å². The minimum absolute atomic E-state index is 0.553. The third-order valence-corrected chi connectivity index (χ3v) is 6.67. The summed E-state index contributed by atoms with van der Waals surface area (Å²) in [5, 5.41) is 0. The molecule has 2 bridgehead atoms. The van der Waals surface area contributed by atoms with E-state index in [-0.39, 0.29) is 0 Å². The molecular formula is C16H28N2. The molecule has 4 aliphatic heterocycles. The quantitative estimate of drug-likeness (QED) is 0.650. The predicted octanol–water partition coefficient (Wildman–Crippen LogP) is 2.74. The van der Waals surface area contributed by atoms with Gasteiger partial charge in [-0.2, -0.15) is 0 Å². The zero-order valence-electron chi connectivity index (χ0n) is 11.9. The summed E-state index contributed by atoms with van der Waals surface area (Å²) in [4.78, 5) is 5.76. The molecular weight excluding hydrogens is 220 g/mol. The van der Waals surface area contributed by atoms with Crippen LogP contribution in [0, 0.1) is 11.8 Å². The summed E-state index contributed by atoms with van der Waals surface area (Å²) in [6.07, 6.45) is 10.3. The molecule has 0 aliphatic carbocycles. The van der Waals surface area contributed by atoms with Crippen molar-refractivity contribution in [2.24, 2.45) is 11.8 Å². The average Bonchev–Trinajstić information content (AvgIpc) is 2.40. The SMILES string of the molecule is C[C@]12CCCCN1C[C@H]1C[C@@H]2CN2CCCC[C@H]12. The molecule has 4 aliphatic rings. The monoisotopic (exact) mass is 248 g/mol. The van der Waals surface area contributed by atoms with Crippen LogP contribution in [0.4, 0.5) is 0 Å². The Morgan fingerprint density at radius 3 is 2.83 bits per heavy atom. The van der Waals surface area contributed by atoms with Gasteiger partial charge in [0.15, 0.2) is 0 Å². The molecule has 4 rings (SSSR count). The molecule has 4 atom stereocenters. The van der Waals surface area contributed by atoms with Gasteiger partial charge in [-0.3, -0.25) is 9.80 Å². The maximum Gasteiger partial charge on any atom is 0.0222 e. The van der Waals surface area contributed by atoms with Gasteiger partial charge in [0, 0.05) is 24.7 Å². The Kier molecular flexibility index (Phi) is 2.74. The lowest BCUT2D eigenvalue weighted by Gasteiger charge is -2.62. The highest BCUT2D eigenvalue weighted by Crippen LogP contribution is 2.48. The average molecular weight is 248 g/mol. The Morgan fingerprint density at radius 1 is 1.00 bits per heavy atom. The van der Waals surface area contributed by atoms with E-state index in [4.69, 9.17) is 0 Å². The number of rotatable bonds is 0. The van der Waals surface area contributed by atoms with E-state index in [0.29, 0.717) is 5.54 Å². The van der Waals surface area contributed by atoms with Gasteiger partial charge in [-0.15, -0.1) is 0 Å². The van der Waals surface area contributed by atoms with Gasteiger partial charge in [0.1, 0.15) is 0 Å². The third kappa shape index (κ3) is 1.61. The molecule has 4 saturated heterocycles. The maximum absolute atomic E-state index is 2.89. The fraction of sp³-hybridized carbons (Fsp3) is 1.00. The maximum atomic E-state index is 2.89. The van der Waals surface area contributed by atoms with Crippen molar-refractivity contribution < 1.29 is 0 Å². The summed E-state index contributed by atoms with van der Waals surface area (Å²) in [5.74, 6) is 1.96. The largest absolute Gasteiger partial charge is 0.300 e. The van der Waals surface area contributed by atoms with Crippen LogP contribution in [-0.4, -0.2) is 47.6 Å². The molecule has 0 aromatic carbocycles. The number of piperidine rings is 4. The molecule has 2 nitrogen and oxygen atoms in total. The van der Waals surface area contributed by atoms with E-state index in [1.807, 2.05) is 0 Å². The highest BCUT2D eigenvalue weighted by atomic mass is 15.3. The summed E-state index contributed by atoms with van der Waals surface area (Å²) in [5.41, 5.74) is 0.553. The van der Waals surface area contributed by atoms with Crippen molar-refractivity contribution in [1.29, 1.82) is 0 Å². The summed E-state index contributed by atoms with van der Waals surface area (Å²) in [6.45, 7) is 8.18. The molecule has 0 spiro atoms. The normalized spacial score (nSPS) is 49.5. The van der Waals surface area contributed by atoms with Crippen molar-refractivity contribution in [3.05, 3.63) is 0 Å². The molecule has 0 aromatic rings. The van der Waals surface area contributed by atoms with Gasteiger partial charge in [-0.1, -0.05) is 12.8 Å². The molecule has 4 heterocycles. The predicted molar refractivity (Wildman–Crippen MR) is 74.6 cm³/mol. The van der Waals surface area contributed by atoms with Crippen LogP contribution in [0.2, 0.25) is 0 Å². The van der Waals surface area contributed by atoms with Gasteiger partial charge in [-0.05, 0) is 64.0 Å². The highest BCUT2D eigenvalue weighted by Gasteiger charge is 2.52. The fourth-order valence-electron chi connectivity index (χ4n) is 5.55. The van der Waals surface area contributed by atoms with Crippen molar-refractivity contribution in [2.45, 2.75) is 63.5 Å². The second kappa shape index (κ2) is 4.21. The summed E-state index contributed by atoms with van der Waals surface area (Å²) < 4.78 is 0. The van der Waals surface area contributed by atoms with Crippen LogP contribution < -0.4 is 0 Å². The van der Waals surface area contributed by atoms with Crippen LogP contribution >= 0.6 is 0 Å². The standard InChI is InChI=1S/C16H28N2/c1-16-7-3-5-9-18(16)11-13-10-14(16)12-17-8-4-2-6-15(13)17/h13-15H,2-12H2,1H3/t13-,14-,15-,16-/m1/s1. The van der Waals surface area contributed by atoms with Gasteiger partial charge in [0.25, 0.3) is 0 Å². The van der Waals surface area contributed by atoms with Gasteiger partial charge in [0.05, 0.1) is 0 Å². The highest BCUT2D eigenvalue weighted by molar-refractivity contribution is 5.06. The second-order valence-electron chi connectivity index (χ2n) is 7.51. The molecule has 102 valence electrons. The zero-order valence-corrected chi connectivity index (χ0v) is 11.9. The van der Waals surface area contributed by atoms with E-state index in [2.05, 4.69) is 16.7 Å². The Bertz CT molecular complexity index is 329. The lowest BCUT2D eigenvalue weighted by Crippen LogP contribution is -2.68. The van der Waals surface area contributed by atoms with E-state index in [1.54, 1.807) is 0 Å². The van der Waals surface area contributed by atoms with Gasteiger partial charge in [0.2, 0.25) is 0 Å². The molecule has 2 heteroatoms. The topological polar surface area (TPSA) is 6.48 Å². The second-order valence-corrected chi connectivity index (χ2v) is 7.51. The van der Waals surface area contributed by atoms with Crippen molar-refractivity contribution in [2.75, 3.05) is 26.2 Å². The molecule has 0 aromatic heterocycles. The summed E-state index contributed by atoms with van der Waals surface area (Å²) in [6, 6.07) is 0.946. The summed E-state index contributed by atoms with van der Waals surface area (Å²) in [7, 11) is 0. The number of fused-ring (bicyclic) bond motifs is 6. The Morgan fingerprint density at radius 2 is 1.89 bits per heavy atom. The Hall–Kier alpha value is -0.0800. The summed E-state index contributed by atoms with van der Waals surface area (Å²) >= 11 is 0. The van der Waals surface area contributed by atoms with Gasteiger partial charge >= 0.3 is 0 Å². The Balaban J connectivity index is 1.61. The minimum atomic E-state index is 0.553. The number of hydrogen-bond acceptors (Lipinski definition) is 2. The minimum Gasteiger partial charge on any atom is -0.300 e. The van der Waals surface area contributed by atoms with Crippen molar-refractivity contribution in [1.82, 2.24) is 9.80 Å². The molecule has 4 fully saturated rings. The van der Waals surface area contributed by atoms with Crippen LogP contribution in [0.15, 0.2) is 0 Å². The smallest absolute Gasteiger partial charge is 0.0222 e. The van der Waals surface area contributed by atoms with Gasteiger partial charge in [-0.25, -0.2) is 0 Å². The molecule has 0 unspecified atom stereocenters. The molecule has 0 radical (unpaired) electrons. The molecule has 18 heavy (non-hydrogen) atoms. The van der Waals surface area contributed by atoms with Crippen LogP contribution in [0.5, 0.6) is 0 Å². The fourth-order valence-corrected chi connectivity index (χ4v) is 5.55. The third-order valence-electron chi connectivity index (χ3n) is 6.67. The van der Waals surface area contributed by atoms with Crippen LogP contribution in [0.25, 0.3) is 0 Å². The number of nitrogens with zero attached hydrogens (tertiary/aromatic N) is 2. The van der Waals surface area contributed by atoms with Crippen LogP contribution in [-0.2, 0) is 0 Å². The van der Waals surface area contributed by atoms with E-state index in [9.17, 15) is 0 Å². The first-order valence-electron chi connectivity index (χ1n) is 8.26. The first-order valence-corrected chi connectivity index (χ1v) is 8.26. The van der Waals surface area contributed by atoms with E-state index < -0.39 is 0 Å². The van der Waals surface area contributed by atoms with Crippen molar-refractivity contribution in [3.8, 4) is 0 Å². The van der Waals surface area contributed by atoms with E-state index in [0.717, 1.165) is 17.9 Å². The first kappa shape index (κ1) is 11.7. The molecule has 0 saturated carbocycles.